The van der Waals surface area contributed by atoms with Crippen molar-refractivity contribution in [1.82, 2.24) is 4.90 Å². The third-order valence-corrected chi connectivity index (χ3v) is 3.76. The summed E-state index contributed by atoms with van der Waals surface area (Å²) in [5.41, 5.74) is 6.46. The van der Waals surface area contributed by atoms with Crippen LogP contribution in [0.15, 0.2) is 12.0 Å². The van der Waals surface area contributed by atoms with E-state index >= 15 is 0 Å². The Bertz CT molecular complexity index is 262. The van der Waals surface area contributed by atoms with E-state index in [1.54, 1.807) is 0 Å². The average Bonchev–Trinajstić information content (AvgIpc) is 2.67. The van der Waals surface area contributed by atoms with Gasteiger partial charge in [-0.05, 0) is 6.92 Å². The first-order valence-electron chi connectivity index (χ1n) is 5.55. The van der Waals surface area contributed by atoms with Crippen LogP contribution in [0.3, 0.4) is 0 Å². The lowest BCUT2D eigenvalue weighted by molar-refractivity contribution is -0.0597. The topological polar surface area (TPSA) is 58.7 Å². The van der Waals surface area contributed by atoms with E-state index in [0.717, 1.165) is 19.6 Å². The second kappa shape index (κ2) is 3.68. The fraction of sp³-hybridized carbons (Fsp3) is 0.818. The van der Waals surface area contributed by atoms with Gasteiger partial charge < -0.3 is 20.5 Å². The maximum atomic E-state index is 10.2. The molecule has 0 amide bonds. The molecular weight excluding hydrogens is 192 g/mol. The van der Waals surface area contributed by atoms with Crippen LogP contribution >= 0.6 is 0 Å². The molecule has 3 N–H and O–H groups in total. The third-order valence-electron chi connectivity index (χ3n) is 3.76. The van der Waals surface area contributed by atoms with Crippen LogP contribution in [-0.2, 0) is 4.74 Å². The second-order valence-electron chi connectivity index (χ2n) is 4.87. The molecule has 3 unspecified atom stereocenters. The molecule has 0 aromatic rings. The van der Waals surface area contributed by atoms with E-state index in [0.29, 0.717) is 6.54 Å². The van der Waals surface area contributed by atoms with Crippen LogP contribution < -0.4 is 5.73 Å². The summed E-state index contributed by atoms with van der Waals surface area (Å²) in [7, 11) is 0. The van der Waals surface area contributed by atoms with Gasteiger partial charge in [-0.15, -0.1) is 0 Å². The zero-order chi connectivity index (χ0) is 11.1. The number of nitrogens with zero attached hydrogens (tertiary/aromatic N) is 1. The van der Waals surface area contributed by atoms with E-state index in [1.165, 1.54) is 5.70 Å². The first-order chi connectivity index (χ1) is 7.01. The van der Waals surface area contributed by atoms with Crippen molar-refractivity contribution in [2.24, 2.45) is 11.7 Å². The van der Waals surface area contributed by atoms with E-state index in [4.69, 9.17) is 10.5 Å². The Morgan fingerprint density at radius 1 is 1.60 bits per heavy atom. The van der Waals surface area contributed by atoms with Gasteiger partial charge in [-0.2, -0.15) is 0 Å². The minimum absolute atomic E-state index is 0.183. The van der Waals surface area contributed by atoms with Gasteiger partial charge in [0.15, 0.2) is 0 Å². The zero-order valence-corrected chi connectivity index (χ0v) is 9.44. The molecule has 15 heavy (non-hydrogen) atoms. The van der Waals surface area contributed by atoms with Crippen molar-refractivity contribution in [3.05, 3.63) is 12.0 Å². The quantitative estimate of drug-likeness (QED) is 0.655. The molecule has 1 saturated heterocycles. The molecule has 0 radical (unpaired) electrons. The van der Waals surface area contributed by atoms with Crippen LogP contribution in [0.4, 0.5) is 0 Å². The van der Waals surface area contributed by atoms with Gasteiger partial charge in [0.1, 0.15) is 6.26 Å². The SMILES string of the molecule is CC1CN(C2=COCC2)CC(N)C1(C)O. The highest BCUT2D eigenvalue weighted by Gasteiger charge is 2.41. The molecule has 0 aromatic heterocycles. The van der Waals surface area contributed by atoms with Crippen LogP contribution in [0.2, 0.25) is 0 Å². The van der Waals surface area contributed by atoms with E-state index in [1.807, 2.05) is 20.1 Å². The molecule has 4 nitrogen and oxygen atoms in total. The number of nitrogens with two attached hydrogens (primary N) is 1. The lowest BCUT2D eigenvalue weighted by atomic mass is 9.80. The minimum atomic E-state index is -0.753. The van der Waals surface area contributed by atoms with Gasteiger partial charge >= 0.3 is 0 Å². The summed E-state index contributed by atoms with van der Waals surface area (Å²) in [6.07, 6.45) is 2.78. The van der Waals surface area contributed by atoms with E-state index in [9.17, 15) is 5.11 Å². The lowest BCUT2D eigenvalue weighted by Crippen LogP contribution is -2.62. The van der Waals surface area contributed by atoms with E-state index in [-0.39, 0.29) is 12.0 Å². The van der Waals surface area contributed by atoms with Gasteiger partial charge in [0.25, 0.3) is 0 Å². The average molecular weight is 212 g/mol. The largest absolute Gasteiger partial charge is 0.499 e. The number of hydrogen-bond acceptors (Lipinski definition) is 4. The maximum Gasteiger partial charge on any atom is 0.102 e. The van der Waals surface area contributed by atoms with Gasteiger partial charge in [0, 0.05) is 25.4 Å². The van der Waals surface area contributed by atoms with Crippen LogP contribution in [-0.4, -0.2) is 41.3 Å². The Hall–Kier alpha value is -0.740. The standard InChI is InChI=1S/C11H20N2O2/c1-8-5-13(9-3-4-15-7-9)6-10(12)11(8,2)14/h7-8,10,14H,3-6,12H2,1-2H3. The Labute approximate surface area is 90.7 Å². The summed E-state index contributed by atoms with van der Waals surface area (Å²) < 4.78 is 5.23. The van der Waals surface area contributed by atoms with Crippen molar-refractivity contribution in [2.45, 2.75) is 31.9 Å². The van der Waals surface area contributed by atoms with Gasteiger partial charge in [-0.3, -0.25) is 0 Å². The van der Waals surface area contributed by atoms with Crippen LogP contribution in [0.25, 0.3) is 0 Å². The number of ether oxygens (including phenoxy) is 1. The Morgan fingerprint density at radius 3 is 2.87 bits per heavy atom. The number of likely N-dealkylation sites (tertiary alicyclic amines) is 1. The highest BCUT2D eigenvalue weighted by Crippen LogP contribution is 2.30. The predicted molar refractivity (Wildman–Crippen MR) is 58.0 cm³/mol. The van der Waals surface area contributed by atoms with Crippen molar-refractivity contribution >= 4 is 0 Å². The molecule has 0 aliphatic carbocycles. The first kappa shape index (κ1) is 10.8. The fourth-order valence-corrected chi connectivity index (χ4v) is 2.22. The summed E-state index contributed by atoms with van der Waals surface area (Å²) in [5.74, 6) is 0.183. The second-order valence-corrected chi connectivity index (χ2v) is 4.87. The highest BCUT2D eigenvalue weighted by atomic mass is 16.5. The van der Waals surface area contributed by atoms with Crippen LogP contribution in [0.5, 0.6) is 0 Å². The summed E-state index contributed by atoms with van der Waals surface area (Å²) >= 11 is 0. The molecular formula is C11H20N2O2. The fourth-order valence-electron chi connectivity index (χ4n) is 2.22. The summed E-state index contributed by atoms with van der Waals surface area (Å²) in [4.78, 5) is 2.24. The van der Waals surface area contributed by atoms with Crippen LogP contribution in [0, 0.1) is 5.92 Å². The van der Waals surface area contributed by atoms with Crippen molar-refractivity contribution in [2.75, 3.05) is 19.7 Å². The molecule has 0 bridgehead atoms. The van der Waals surface area contributed by atoms with Gasteiger partial charge in [-0.25, -0.2) is 0 Å². The molecule has 1 fully saturated rings. The maximum absolute atomic E-state index is 10.2. The number of hydrogen-bond donors (Lipinski definition) is 2. The molecule has 4 heteroatoms. The third kappa shape index (κ3) is 1.84. The van der Waals surface area contributed by atoms with Crippen molar-refractivity contribution in [3.63, 3.8) is 0 Å². The number of rotatable bonds is 1. The minimum Gasteiger partial charge on any atom is -0.499 e. The van der Waals surface area contributed by atoms with Gasteiger partial charge in [0.05, 0.1) is 23.9 Å². The first-order valence-corrected chi connectivity index (χ1v) is 5.55. The summed E-state index contributed by atoms with van der Waals surface area (Å²) in [6, 6.07) is -0.192. The lowest BCUT2D eigenvalue weighted by Gasteiger charge is -2.46. The molecule has 2 heterocycles. The van der Waals surface area contributed by atoms with E-state index < -0.39 is 5.60 Å². The monoisotopic (exact) mass is 212 g/mol. The van der Waals surface area contributed by atoms with Crippen molar-refractivity contribution in [1.29, 1.82) is 0 Å². The van der Waals surface area contributed by atoms with E-state index in [2.05, 4.69) is 4.90 Å². The molecule has 2 aliphatic rings. The van der Waals surface area contributed by atoms with Crippen molar-refractivity contribution < 1.29 is 9.84 Å². The molecule has 2 rings (SSSR count). The molecule has 3 atom stereocenters. The normalized spacial score (nSPS) is 41.3. The zero-order valence-electron chi connectivity index (χ0n) is 9.44. The summed E-state index contributed by atoms with van der Waals surface area (Å²) in [6.45, 7) is 6.22. The van der Waals surface area contributed by atoms with Gasteiger partial charge in [-0.1, -0.05) is 6.92 Å². The molecule has 86 valence electrons. The van der Waals surface area contributed by atoms with Crippen molar-refractivity contribution in [3.8, 4) is 0 Å². The molecule has 0 spiro atoms. The predicted octanol–water partition coefficient (Wildman–Crippen LogP) is 0.278. The Balaban J connectivity index is 2.07. The van der Waals surface area contributed by atoms with Gasteiger partial charge in [0.2, 0.25) is 0 Å². The number of piperidine rings is 1. The molecule has 2 aliphatic heterocycles. The Kier molecular flexibility index (Phi) is 2.64. The van der Waals surface area contributed by atoms with Crippen LogP contribution in [0.1, 0.15) is 20.3 Å². The molecule has 0 saturated carbocycles. The Morgan fingerprint density at radius 2 is 2.33 bits per heavy atom. The smallest absolute Gasteiger partial charge is 0.102 e. The number of aliphatic hydroxyl groups is 1. The summed E-state index contributed by atoms with van der Waals surface area (Å²) in [5, 5.41) is 10.2. The highest BCUT2D eigenvalue weighted by molar-refractivity contribution is 5.08. The molecule has 0 aromatic carbocycles.